The lowest BCUT2D eigenvalue weighted by Crippen LogP contribution is -2.37. The summed E-state index contributed by atoms with van der Waals surface area (Å²) in [7, 11) is -3.62. The van der Waals surface area contributed by atoms with Gasteiger partial charge in [0.05, 0.1) is 22.9 Å². The second-order valence-electron chi connectivity index (χ2n) is 9.19. The molecule has 13 heteroatoms. The van der Waals surface area contributed by atoms with Crippen LogP contribution in [0.4, 0.5) is 5.95 Å². The number of rotatable bonds is 10. The fourth-order valence-electron chi connectivity index (χ4n) is 3.42. The van der Waals surface area contributed by atoms with Gasteiger partial charge in [-0.05, 0) is 50.8 Å². The largest absolute Gasteiger partial charge is 0.457 e. The van der Waals surface area contributed by atoms with Crippen LogP contribution in [0.3, 0.4) is 0 Å². The number of hydrogen-bond donors (Lipinski definition) is 1. The first-order valence-electron chi connectivity index (χ1n) is 11.0. The Kier molecular flexibility index (Phi) is 9.15. The summed E-state index contributed by atoms with van der Waals surface area (Å²) < 4.78 is 43.9. The van der Waals surface area contributed by atoms with Crippen molar-refractivity contribution in [2.45, 2.75) is 69.4 Å². The number of nitrogens with one attached hydrogen (secondary N) is 1. The van der Waals surface area contributed by atoms with Crippen molar-refractivity contribution in [1.82, 2.24) is 15.0 Å². The lowest BCUT2D eigenvalue weighted by Gasteiger charge is -2.25. The molecule has 0 spiro atoms. The quantitative estimate of drug-likeness (QED) is 0.381. The van der Waals surface area contributed by atoms with Crippen molar-refractivity contribution in [2.75, 3.05) is 17.6 Å². The van der Waals surface area contributed by atoms with E-state index in [2.05, 4.69) is 33.5 Å². The minimum absolute atomic E-state index is 0.00561. The van der Waals surface area contributed by atoms with Gasteiger partial charge in [0.1, 0.15) is 12.2 Å². The molecule has 0 amide bonds. The normalized spacial score (nSPS) is 19.5. The molecule has 2 heterocycles. The van der Waals surface area contributed by atoms with E-state index in [9.17, 15) is 8.42 Å². The van der Waals surface area contributed by atoms with Crippen molar-refractivity contribution in [3.63, 3.8) is 0 Å². The smallest absolute Gasteiger partial charge is 0.322 e. The Labute approximate surface area is 220 Å². The van der Waals surface area contributed by atoms with Crippen LogP contribution in [0.1, 0.15) is 51.9 Å². The van der Waals surface area contributed by atoms with Gasteiger partial charge in [0.15, 0.2) is 10.9 Å². The standard InChI is InChI=1S/C22H30Cl2N4O5S2/c1-12(2)9-17(18-11-31-22(4,5)33-18)32-20-25-19(28-35(6,29)30)26-21(27-20)34-13(3)14-7-8-15(23)16(24)10-14/h7-8,10,12-13,17-18H,9,11H2,1-6H3,(H,25,26,27,28)/t13?,17-,18+/m1/s1. The second kappa shape index (κ2) is 11.4. The molecule has 2 aromatic rings. The number of nitrogens with zero attached hydrogens (tertiary/aromatic N) is 3. The van der Waals surface area contributed by atoms with Gasteiger partial charge in [0, 0.05) is 5.25 Å². The maximum Gasteiger partial charge on any atom is 0.322 e. The zero-order chi connectivity index (χ0) is 26.0. The molecule has 1 saturated heterocycles. The summed E-state index contributed by atoms with van der Waals surface area (Å²) >= 11 is 13.5. The monoisotopic (exact) mass is 564 g/mol. The molecule has 194 valence electrons. The molecule has 3 rings (SSSR count). The van der Waals surface area contributed by atoms with E-state index in [1.165, 1.54) is 11.8 Å². The zero-order valence-corrected chi connectivity index (χ0v) is 23.6. The van der Waals surface area contributed by atoms with E-state index >= 15 is 0 Å². The molecule has 0 radical (unpaired) electrons. The molecular formula is C22H30Cl2N4O5S2. The van der Waals surface area contributed by atoms with Crippen LogP contribution in [0.15, 0.2) is 23.4 Å². The molecule has 3 atom stereocenters. The SMILES string of the molecule is CC(C)C[C@@H](Oc1nc(NS(C)(=O)=O)nc(SC(C)c2ccc(Cl)c(Cl)c2)n1)[C@@H]1COC(C)(C)O1. The van der Waals surface area contributed by atoms with Crippen molar-refractivity contribution in [3.05, 3.63) is 33.8 Å². The Morgan fingerprint density at radius 2 is 1.91 bits per heavy atom. The summed E-state index contributed by atoms with van der Waals surface area (Å²) in [6, 6.07) is 5.34. The third kappa shape index (κ3) is 8.61. The van der Waals surface area contributed by atoms with Crippen LogP contribution >= 0.6 is 35.0 Å². The van der Waals surface area contributed by atoms with E-state index < -0.39 is 21.9 Å². The topological polar surface area (TPSA) is 113 Å². The molecule has 9 nitrogen and oxygen atoms in total. The van der Waals surface area contributed by atoms with Crippen LogP contribution < -0.4 is 9.46 Å². The van der Waals surface area contributed by atoms with Crippen LogP contribution in [0.5, 0.6) is 6.01 Å². The molecule has 1 N–H and O–H groups in total. The van der Waals surface area contributed by atoms with Crippen LogP contribution in [0.25, 0.3) is 0 Å². The van der Waals surface area contributed by atoms with Gasteiger partial charge < -0.3 is 14.2 Å². The Bertz CT molecular complexity index is 1150. The van der Waals surface area contributed by atoms with Crippen LogP contribution in [-0.4, -0.2) is 54.2 Å². The number of hydrogen-bond acceptors (Lipinski definition) is 9. The number of halogens is 2. The second-order valence-corrected chi connectivity index (χ2v) is 13.1. The fourth-order valence-corrected chi connectivity index (χ4v) is 5.02. The first kappa shape index (κ1) is 28.2. The molecule has 1 aliphatic rings. The molecule has 0 aliphatic carbocycles. The molecule has 1 aromatic heterocycles. The predicted molar refractivity (Wildman–Crippen MR) is 138 cm³/mol. The summed E-state index contributed by atoms with van der Waals surface area (Å²) in [5, 5.41) is 1.06. The van der Waals surface area contributed by atoms with E-state index in [-0.39, 0.29) is 28.5 Å². The third-order valence-corrected chi connectivity index (χ3v) is 7.28. The first-order valence-corrected chi connectivity index (χ1v) is 14.6. The van der Waals surface area contributed by atoms with Crippen molar-refractivity contribution >= 4 is 50.9 Å². The van der Waals surface area contributed by atoms with Gasteiger partial charge in [0.2, 0.25) is 16.0 Å². The van der Waals surface area contributed by atoms with E-state index in [1.54, 1.807) is 12.1 Å². The molecule has 1 fully saturated rings. The fraction of sp³-hybridized carbons (Fsp3) is 0.591. The molecule has 1 aliphatic heterocycles. The van der Waals surface area contributed by atoms with Gasteiger partial charge in [-0.3, -0.25) is 4.72 Å². The number of anilines is 1. The number of ether oxygens (including phenoxy) is 3. The van der Waals surface area contributed by atoms with Gasteiger partial charge in [-0.15, -0.1) is 0 Å². The van der Waals surface area contributed by atoms with Gasteiger partial charge in [-0.2, -0.15) is 15.0 Å². The number of sulfonamides is 1. The predicted octanol–water partition coefficient (Wildman–Crippen LogP) is 5.35. The van der Waals surface area contributed by atoms with Gasteiger partial charge in [0.25, 0.3) is 0 Å². The Morgan fingerprint density at radius 3 is 2.49 bits per heavy atom. The van der Waals surface area contributed by atoms with Crippen LogP contribution in [0.2, 0.25) is 10.0 Å². The first-order chi connectivity index (χ1) is 16.2. The van der Waals surface area contributed by atoms with Gasteiger partial charge >= 0.3 is 6.01 Å². The number of thioether (sulfide) groups is 1. The highest BCUT2D eigenvalue weighted by molar-refractivity contribution is 7.99. The minimum atomic E-state index is -3.62. The lowest BCUT2D eigenvalue weighted by atomic mass is 10.0. The lowest BCUT2D eigenvalue weighted by molar-refractivity contribution is -0.150. The number of aromatic nitrogens is 3. The van der Waals surface area contributed by atoms with Gasteiger partial charge in [-0.1, -0.05) is 54.9 Å². The Hall–Kier alpha value is -1.37. The highest BCUT2D eigenvalue weighted by Gasteiger charge is 2.39. The van der Waals surface area contributed by atoms with E-state index in [0.717, 1.165) is 11.8 Å². The highest BCUT2D eigenvalue weighted by Crippen LogP contribution is 2.36. The summed E-state index contributed by atoms with van der Waals surface area (Å²) in [5.41, 5.74) is 0.904. The van der Waals surface area contributed by atoms with Crippen molar-refractivity contribution < 1.29 is 22.6 Å². The molecule has 0 bridgehead atoms. The number of benzene rings is 1. The molecule has 1 aromatic carbocycles. The minimum Gasteiger partial charge on any atom is -0.457 e. The average molecular weight is 566 g/mol. The molecule has 35 heavy (non-hydrogen) atoms. The van der Waals surface area contributed by atoms with Crippen LogP contribution in [0, 0.1) is 5.92 Å². The molecule has 1 unspecified atom stereocenters. The zero-order valence-electron chi connectivity index (χ0n) is 20.4. The van der Waals surface area contributed by atoms with Crippen molar-refractivity contribution in [1.29, 1.82) is 0 Å². The molecule has 0 saturated carbocycles. The highest BCUT2D eigenvalue weighted by atomic mass is 35.5. The van der Waals surface area contributed by atoms with E-state index in [1.807, 2.05) is 26.8 Å². The third-order valence-electron chi connectivity index (χ3n) is 4.97. The van der Waals surface area contributed by atoms with Gasteiger partial charge in [-0.25, -0.2) is 8.42 Å². The average Bonchev–Trinajstić information content (AvgIpc) is 3.07. The summed E-state index contributed by atoms with van der Waals surface area (Å²) in [6.07, 6.45) is 0.945. The van der Waals surface area contributed by atoms with Crippen molar-refractivity contribution in [3.8, 4) is 6.01 Å². The summed E-state index contributed by atoms with van der Waals surface area (Å²) in [5.74, 6) is -0.554. The summed E-state index contributed by atoms with van der Waals surface area (Å²) in [6.45, 7) is 10.1. The Morgan fingerprint density at radius 1 is 1.20 bits per heavy atom. The van der Waals surface area contributed by atoms with Crippen molar-refractivity contribution in [2.24, 2.45) is 5.92 Å². The van der Waals surface area contributed by atoms with Crippen LogP contribution in [-0.2, 0) is 19.5 Å². The molecular weight excluding hydrogens is 535 g/mol. The maximum atomic E-state index is 11.9. The Balaban J connectivity index is 1.89. The maximum absolute atomic E-state index is 11.9. The summed E-state index contributed by atoms with van der Waals surface area (Å²) in [4.78, 5) is 12.9. The van der Waals surface area contributed by atoms with E-state index in [4.69, 9.17) is 37.4 Å². The van der Waals surface area contributed by atoms with E-state index in [0.29, 0.717) is 29.0 Å².